The zero-order chi connectivity index (χ0) is 28.7. The molecule has 6 heterocycles. The lowest BCUT2D eigenvalue weighted by molar-refractivity contribution is 0.107. The molecule has 0 N–H and O–H groups in total. The van der Waals surface area contributed by atoms with Crippen molar-refractivity contribution >= 4 is 0 Å². The highest BCUT2D eigenvalue weighted by molar-refractivity contribution is 5.55. The average molecular weight is 567 g/mol. The Morgan fingerprint density at radius 2 is 0.786 bits per heavy atom. The third-order valence-electron chi connectivity index (χ3n) is 7.41. The van der Waals surface area contributed by atoms with Gasteiger partial charge >= 0.3 is 0 Å². The van der Waals surface area contributed by atoms with Crippen LogP contribution in [-0.2, 0) is 35.9 Å². The smallest absolute Gasteiger partial charge is 0.119 e. The normalized spacial score (nSPS) is 16.4. The lowest BCUT2D eigenvalue weighted by Crippen LogP contribution is -1.99. The van der Waals surface area contributed by atoms with Crippen LogP contribution >= 0.6 is 0 Å². The van der Waals surface area contributed by atoms with Gasteiger partial charge in [0, 0.05) is 12.4 Å². The zero-order valence-electron chi connectivity index (χ0n) is 24.5. The second-order valence-electron chi connectivity index (χ2n) is 10.9. The maximum absolute atomic E-state index is 6.01. The molecule has 0 fully saturated rings. The van der Waals surface area contributed by atoms with E-state index in [0.717, 1.165) is 71.2 Å². The molecule has 0 saturated heterocycles. The number of ether oxygens (including phenoxy) is 4. The van der Waals surface area contributed by atoms with Gasteiger partial charge in [-0.25, -0.2) is 0 Å². The minimum Gasteiger partial charge on any atom is -0.494 e. The summed E-state index contributed by atoms with van der Waals surface area (Å²) in [5.74, 6) is 1.84. The molecule has 2 aromatic carbocycles. The predicted molar refractivity (Wildman–Crippen MR) is 165 cm³/mol. The molecular weight excluding hydrogens is 524 g/mol. The van der Waals surface area contributed by atoms with Crippen molar-refractivity contribution in [3.63, 3.8) is 0 Å². The minimum atomic E-state index is 0.500. The van der Waals surface area contributed by atoms with Gasteiger partial charge < -0.3 is 18.9 Å². The number of hydrogen-bond acceptors (Lipinski definition) is 6. The van der Waals surface area contributed by atoms with Gasteiger partial charge in [0.1, 0.15) is 11.5 Å². The molecule has 0 atom stereocenters. The van der Waals surface area contributed by atoms with Gasteiger partial charge in [-0.2, -0.15) is 0 Å². The Morgan fingerprint density at radius 1 is 0.405 bits per heavy atom. The molecular formula is C36H42N2O4. The lowest BCUT2D eigenvalue weighted by atomic mass is 10.1. The number of rotatable bonds is 0. The van der Waals surface area contributed by atoms with Crippen molar-refractivity contribution in [1.29, 1.82) is 0 Å². The molecule has 0 spiro atoms. The fraction of sp³-hybridized carbons (Fsp3) is 0.389. The molecule has 8 rings (SSSR count). The summed E-state index contributed by atoms with van der Waals surface area (Å²) in [4.78, 5) is 9.10. The standard InChI is InChI=1S/C36H42N2O4/c1-2-4-6-8-22-42-34-15-11-30(12-16-34)26-40-28-32-18-20-38-36(24-32)35-23-31(17-19-37-35)27-39-25-29-9-13-33(14-10-29)41-21-7-5-3-1/h9-20,23-24H,1-8,21-22,25-28H2. The van der Waals surface area contributed by atoms with Crippen molar-refractivity contribution in [2.24, 2.45) is 0 Å². The zero-order valence-corrected chi connectivity index (χ0v) is 24.5. The van der Waals surface area contributed by atoms with Crippen LogP contribution in [-0.4, -0.2) is 23.2 Å². The van der Waals surface area contributed by atoms with Crippen LogP contribution in [0.3, 0.4) is 0 Å². The molecule has 0 radical (unpaired) electrons. The third-order valence-corrected chi connectivity index (χ3v) is 7.41. The Bertz CT molecular complexity index is 1240. The van der Waals surface area contributed by atoms with Crippen LogP contribution in [0.5, 0.6) is 11.5 Å². The highest BCUT2D eigenvalue weighted by Gasteiger charge is 2.06. The van der Waals surface area contributed by atoms with E-state index >= 15 is 0 Å². The summed E-state index contributed by atoms with van der Waals surface area (Å²) in [5, 5.41) is 0. The number of nitrogens with zero attached hydrogens (tertiary/aromatic N) is 2. The van der Waals surface area contributed by atoms with Crippen molar-refractivity contribution < 1.29 is 18.9 Å². The molecule has 4 aliphatic rings. The van der Waals surface area contributed by atoms with Crippen LogP contribution in [0.1, 0.15) is 73.6 Å². The first kappa shape index (κ1) is 29.7. The second kappa shape index (κ2) is 16.6. The summed E-state index contributed by atoms with van der Waals surface area (Å²) in [6, 6.07) is 24.5. The van der Waals surface area contributed by atoms with Crippen LogP contribution in [0.15, 0.2) is 85.2 Å². The van der Waals surface area contributed by atoms with Gasteiger partial charge in [-0.05, 0) is 83.6 Å². The van der Waals surface area contributed by atoms with Gasteiger partial charge in [0.25, 0.3) is 0 Å². The van der Waals surface area contributed by atoms with E-state index in [1.807, 2.05) is 60.9 Å². The first-order chi connectivity index (χ1) is 20.8. The topological polar surface area (TPSA) is 62.7 Å². The maximum atomic E-state index is 6.01. The van der Waals surface area contributed by atoms with Gasteiger partial charge in [-0.3, -0.25) is 9.97 Å². The van der Waals surface area contributed by atoms with Crippen molar-refractivity contribution in [3.05, 3.63) is 107 Å². The van der Waals surface area contributed by atoms with Gasteiger partial charge in [-0.1, -0.05) is 62.8 Å². The molecule has 6 heteroatoms. The van der Waals surface area contributed by atoms with Crippen molar-refractivity contribution in [2.75, 3.05) is 13.2 Å². The second-order valence-corrected chi connectivity index (χ2v) is 10.9. The maximum Gasteiger partial charge on any atom is 0.119 e. The molecule has 0 aliphatic carbocycles. The largest absolute Gasteiger partial charge is 0.494 e. The summed E-state index contributed by atoms with van der Waals surface area (Å²) < 4.78 is 23.9. The first-order valence-corrected chi connectivity index (χ1v) is 15.3. The number of pyridine rings is 2. The SMILES string of the molecule is c1cc2cc(n1)-c1cc(ccn1)COCc1ccc(cc1)OCCCCCCCCCCOc1ccc(cc1)COC2. The molecule has 4 aromatic rings. The van der Waals surface area contributed by atoms with Crippen molar-refractivity contribution in [1.82, 2.24) is 9.97 Å². The molecule has 0 saturated carbocycles. The van der Waals surface area contributed by atoms with Gasteiger partial charge in [-0.15, -0.1) is 0 Å². The quantitative estimate of drug-likeness (QED) is 0.213. The molecule has 0 unspecified atom stereocenters. The van der Waals surface area contributed by atoms with Crippen LogP contribution in [0.4, 0.5) is 0 Å². The molecule has 6 nitrogen and oxygen atoms in total. The Labute approximate surface area is 250 Å². The van der Waals surface area contributed by atoms with E-state index in [1.54, 1.807) is 0 Å². The molecule has 2 aromatic heterocycles. The van der Waals surface area contributed by atoms with E-state index in [1.165, 1.54) is 38.5 Å². The van der Waals surface area contributed by atoms with E-state index in [4.69, 9.17) is 18.9 Å². The number of aromatic nitrogens is 2. The highest BCUT2D eigenvalue weighted by atomic mass is 16.5. The molecule has 4 aliphatic heterocycles. The van der Waals surface area contributed by atoms with Crippen molar-refractivity contribution in [2.45, 2.75) is 77.8 Å². The third kappa shape index (κ3) is 9.97. The number of hydrogen-bond donors (Lipinski definition) is 0. The molecule has 8 bridgehead atoms. The molecule has 42 heavy (non-hydrogen) atoms. The predicted octanol–water partition coefficient (Wildman–Crippen LogP) is 8.47. The first-order valence-electron chi connectivity index (χ1n) is 15.3. The average Bonchev–Trinajstić information content (AvgIpc) is 3.03. The van der Waals surface area contributed by atoms with Crippen LogP contribution in [0.25, 0.3) is 11.4 Å². The van der Waals surface area contributed by atoms with Crippen LogP contribution < -0.4 is 9.47 Å². The van der Waals surface area contributed by atoms with Crippen LogP contribution in [0.2, 0.25) is 0 Å². The monoisotopic (exact) mass is 566 g/mol. The highest BCUT2D eigenvalue weighted by Crippen LogP contribution is 2.20. The van der Waals surface area contributed by atoms with Gasteiger partial charge in [0.15, 0.2) is 0 Å². The molecule has 220 valence electrons. The van der Waals surface area contributed by atoms with Gasteiger partial charge in [0.2, 0.25) is 0 Å². The summed E-state index contributed by atoms with van der Waals surface area (Å²) in [6.45, 7) is 3.62. The Balaban J connectivity index is 1.19. The van der Waals surface area contributed by atoms with E-state index < -0.39 is 0 Å². The van der Waals surface area contributed by atoms with E-state index in [0.29, 0.717) is 26.4 Å². The van der Waals surface area contributed by atoms with Crippen molar-refractivity contribution in [3.8, 4) is 22.9 Å². The Morgan fingerprint density at radius 3 is 1.21 bits per heavy atom. The van der Waals surface area contributed by atoms with E-state index in [2.05, 4.69) is 34.2 Å². The summed E-state index contributed by atoms with van der Waals surface area (Å²) >= 11 is 0. The Kier molecular flexibility index (Phi) is 11.8. The Hall–Kier alpha value is -3.74. The lowest BCUT2D eigenvalue weighted by Gasteiger charge is -2.10. The van der Waals surface area contributed by atoms with E-state index in [-0.39, 0.29) is 0 Å². The summed E-state index contributed by atoms with van der Waals surface area (Å²) in [7, 11) is 0. The molecule has 0 amide bonds. The minimum absolute atomic E-state index is 0.500. The van der Waals surface area contributed by atoms with Crippen LogP contribution in [0, 0.1) is 0 Å². The summed E-state index contributed by atoms with van der Waals surface area (Å²) in [5.41, 5.74) is 6.00. The fourth-order valence-electron chi connectivity index (χ4n) is 4.99. The summed E-state index contributed by atoms with van der Waals surface area (Å²) in [6.07, 6.45) is 13.4. The van der Waals surface area contributed by atoms with E-state index in [9.17, 15) is 0 Å². The van der Waals surface area contributed by atoms with Gasteiger partial charge in [0.05, 0.1) is 51.0 Å². The fourth-order valence-corrected chi connectivity index (χ4v) is 4.99. The number of benzene rings is 2.